The molecule has 2 fully saturated rings. The number of halogens is 1. The van der Waals surface area contributed by atoms with Gasteiger partial charge in [0, 0.05) is 30.7 Å². The Kier molecular flexibility index (Phi) is 5.86. The lowest BCUT2D eigenvalue weighted by atomic mass is 10.0. The fraction of sp³-hybridized carbons (Fsp3) is 0.550. The van der Waals surface area contributed by atoms with Gasteiger partial charge in [0.1, 0.15) is 0 Å². The summed E-state index contributed by atoms with van der Waals surface area (Å²) in [5.74, 6) is -0.527. The Bertz CT molecular complexity index is 753. The van der Waals surface area contributed by atoms with Crippen LogP contribution in [0.5, 0.6) is 0 Å². The van der Waals surface area contributed by atoms with E-state index in [9.17, 15) is 14.4 Å². The molecule has 2 bridgehead atoms. The molecule has 27 heavy (non-hydrogen) atoms. The number of rotatable bonds is 4. The quantitative estimate of drug-likeness (QED) is 0.800. The highest BCUT2D eigenvalue weighted by Gasteiger charge is 2.40. The van der Waals surface area contributed by atoms with Crippen LogP contribution in [0, 0.1) is 0 Å². The van der Waals surface area contributed by atoms with Gasteiger partial charge in [-0.25, -0.2) is 0 Å². The normalized spacial score (nSPS) is 23.9. The van der Waals surface area contributed by atoms with E-state index in [1.165, 1.54) is 4.90 Å². The van der Waals surface area contributed by atoms with Crippen molar-refractivity contribution < 1.29 is 14.4 Å². The topological polar surface area (TPSA) is 69.7 Å². The summed E-state index contributed by atoms with van der Waals surface area (Å²) >= 11 is 0. The average Bonchev–Trinajstić information content (AvgIpc) is 3.05. The minimum atomic E-state index is -0.270. The first-order chi connectivity index (χ1) is 12.6. The van der Waals surface area contributed by atoms with Crippen molar-refractivity contribution >= 4 is 30.1 Å². The highest BCUT2D eigenvalue weighted by Crippen LogP contribution is 2.31. The van der Waals surface area contributed by atoms with Crippen molar-refractivity contribution in [1.29, 1.82) is 0 Å². The molecule has 0 saturated carbocycles. The van der Waals surface area contributed by atoms with E-state index in [1.54, 1.807) is 18.2 Å². The van der Waals surface area contributed by atoms with Crippen LogP contribution in [-0.4, -0.2) is 59.2 Å². The van der Waals surface area contributed by atoms with E-state index >= 15 is 0 Å². The van der Waals surface area contributed by atoms with Crippen LogP contribution in [-0.2, 0) is 0 Å². The summed E-state index contributed by atoms with van der Waals surface area (Å²) in [5, 5.41) is 3.40. The van der Waals surface area contributed by atoms with Crippen LogP contribution in [0.15, 0.2) is 18.2 Å². The zero-order valence-electron chi connectivity index (χ0n) is 15.6. The van der Waals surface area contributed by atoms with Crippen molar-refractivity contribution in [3.8, 4) is 0 Å². The predicted octanol–water partition coefficient (Wildman–Crippen LogP) is 2.47. The van der Waals surface area contributed by atoms with Crippen molar-refractivity contribution in [3.05, 3.63) is 34.9 Å². The van der Waals surface area contributed by atoms with Crippen LogP contribution in [0.25, 0.3) is 0 Å². The Labute approximate surface area is 165 Å². The number of nitrogens with zero attached hydrogens (tertiary/aromatic N) is 2. The number of unbranched alkanes of at least 4 members (excludes halogenated alkanes) is 1. The first-order valence-electron chi connectivity index (χ1n) is 9.65. The Morgan fingerprint density at radius 1 is 1.11 bits per heavy atom. The summed E-state index contributed by atoms with van der Waals surface area (Å²) < 4.78 is 0. The molecular weight excluding hydrogens is 366 g/mol. The van der Waals surface area contributed by atoms with Gasteiger partial charge < -0.3 is 10.2 Å². The van der Waals surface area contributed by atoms with Crippen molar-refractivity contribution in [2.45, 2.75) is 51.1 Å². The van der Waals surface area contributed by atoms with Gasteiger partial charge in [0.05, 0.1) is 11.1 Å². The Balaban J connectivity index is 0.00000210. The van der Waals surface area contributed by atoms with Crippen LogP contribution < -0.4 is 5.32 Å². The number of fused-ring (bicyclic) bond motifs is 3. The van der Waals surface area contributed by atoms with E-state index in [2.05, 4.69) is 5.32 Å². The Morgan fingerprint density at radius 2 is 1.85 bits per heavy atom. The average molecular weight is 392 g/mol. The molecule has 1 aromatic carbocycles. The number of benzene rings is 1. The van der Waals surface area contributed by atoms with E-state index in [4.69, 9.17) is 0 Å². The monoisotopic (exact) mass is 391 g/mol. The summed E-state index contributed by atoms with van der Waals surface area (Å²) in [7, 11) is 0. The molecule has 2 atom stereocenters. The molecule has 4 rings (SSSR count). The smallest absolute Gasteiger partial charge is 0.261 e. The van der Waals surface area contributed by atoms with Gasteiger partial charge in [0.2, 0.25) is 0 Å². The molecule has 3 aliphatic rings. The largest absolute Gasteiger partial charge is 0.331 e. The lowest BCUT2D eigenvalue weighted by Crippen LogP contribution is -2.42. The molecule has 0 radical (unpaired) electrons. The van der Waals surface area contributed by atoms with Gasteiger partial charge in [-0.3, -0.25) is 19.3 Å². The van der Waals surface area contributed by atoms with E-state index in [1.807, 2.05) is 11.8 Å². The second-order valence-electron chi connectivity index (χ2n) is 7.47. The summed E-state index contributed by atoms with van der Waals surface area (Å²) in [5.41, 5.74) is 1.31. The molecule has 2 saturated heterocycles. The SMILES string of the molecule is CCCCN1C(=O)c2ccc(C(=O)N3C4CCNCC3CC4)cc2C1=O.Cl. The summed E-state index contributed by atoms with van der Waals surface area (Å²) in [6.07, 6.45) is 4.75. The fourth-order valence-corrected chi connectivity index (χ4v) is 4.41. The van der Waals surface area contributed by atoms with Gasteiger partial charge in [-0.15, -0.1) is 12.4 Å². The van der Waals surface area contributed by atoms with Gasteiger partial charge in [-0.05, 0) is 50.4 Å². The molecule has 0 aliphatic carbocycles. The van der Waals surface area contributed by atoms with Crippen molar-refractivity contribution in [2.24, 2.45) is 0 Å². The second-order valence-corrected chi connectivity index (χ2v) is 7.47. The maximum Gasteiger partial charge on any atom is 0.261 e. The van der Waals surface area contributed by atoms with Crippen molar-refractivity contribution in [3.63, 3.8) is 0 Å². The lowest BCUT2D eigenvalue weighted by Gasteiger charge is -2.28. The third-order valence-corrected chi connectivity index (χ3v) is 5.84. The highest BCUT2D eigenvalue weighted by molar-refractivity contribution is 6.22. The first-order valence-corrected chi connectivity index (χ1v) is 9.65. The fourth-order valence-electron chi connectivity index (χ4n) is 4.41. The minimum Gasteiger partial charge on any atom is -0.331 e. The number of carbonyl (C=O) groups excluding carboxylic acids is 3. The van der Waals surface area contributed by atoms with Gasteiger partial charge in [0.15, 0.2) is 0 Å². The maximum absolute atomic E-state index is 13.1. The van der Waals surface area contributed by atoms with E-state index in [0.717, 1.165) is 45.2 Å². The molecule has 6 nitrogen and oxygen atoms in total. The minimum absolute atomic E-state index is 0. The molecule has 146 valence electrons. The van der Waals surface area contributed by atoms with Crippen molar-refractivity contribution in [2.75, 3.05) is 19.6 Å². The molecular formula is C20H26ClN3O3. The second kappa shape index (κ2) is 7.98. The van der Waals surface area contributed by atoms with Crippen LogP contribution in [0.4, 0.5) is 0 Å². The lowest BCUT2D eigenvalue weighted by molar-refractivity contribution is 0.0650. The zero-order chi connectivity index (χ0) is 18.3. The molecule has 3 amide bonds. The van der Waals surface area contributed by atoms with Gasteiger partial charge in [-0.1, -0.05) is 13.3 Å². The van der Waals surface area contributed by atoms with E-state index in [0.29, 0.717) is 23.2 Å². The van der Waals surface area contributed by atoms with Gasteiger partial charge in [-0.2, -0.15) is 0 Å². The van der Waals surface area contributed by atoms with Crippen molar-refractivity contribution in [1.82, 2.24) is 15.1 Å². The first kappa shape index (κ1) is 19.8. The van der Waals surface area contributed by atoms with E-state index in [-0.39, 0.29) is 42.2 Å². The third-order valence-electron chi connectivity index (χ3n) is 5.84. The molecule has 3 aliphatic heterocycles. The number of nitrogens with one attached hydrogen (secondary N) is 1. The molecule has 7 heteroatoms. The third kappa shape index (κ3) is 3.36. The van der Waals surface area contributed by atoms with E-state index < -0.39 is 0 Å². The van der Waals surface area contributed by atoms with Crippen LogP contribution in [0.3, 0.4) is 0 Å². The highest BCUT2D eigenvalue weighted by atomic mass is 35.5. The molecule has 0 aromatic heterocycles. The molecule has 0 spiro atoms. The maximum atomic E-state index is 13.1. The number of hydrogen-bond donors (Lipinski definition) is 1. The Morgan fingerprint density at radius 3 is 2.63 bits per heavy atom. The standard InChI is InChI=1S/C20H25N3O3.ClH/c1-2-3-10-22-19(25)16-7-4-13(11-17(16)20(22)26)18(24)23-14-5-6-15(23)12-21-9-8-14;/h4,7,11,14-15,21H,2-3,5-6,8-10,12H2,1H3;1H. The molecule has 3 heterocycles. The van der Waals surface area contributed by atoms with Crippen LogP contribution in [0.2, 0.25) is 0 Å². The summed E-state index contributed by atoms with van der Waals surface area (Å²) in [4.78, 5) is 41.5. The molecule has 2 unspecified atom stereocenters. The molecule has 1 N–H and O–H groups in total. The number of amides is 3. The number of hydrogen-bond acceptors (Lipinski definition) is 4. The van der Waals surface area contributed by atoms with Crippen LogP contribution in [0.1, 0.15) is 70.1 Å². The summed E-state index contributed by atoms with van der Waals surface area (Å²) in [6.45, 7) is 4.23. The predicted molar refractivity (Wildman–Crippen MR) is 104 cm³/mol. The number of carbonyl (C=O) groups is 3. The Hall–Kier alpha value is -1.92. The van der Waals surface area contributed by atoms with Crippen LogP contribution >= 0.6 is 12.4 Å². The van der Waals surface area contributed by atoms with Gasteiger partial charge in [0.25, 0.3) is 17.7 Å². The summed E-state index contributed by atoms with van der Waals surface area (Å²) in [6, 6.07) is 5.47. The molecule has 1 aromatic rings. The zero-order valence-corrected chi connectivity index (χ0v) is 16.4. The number of imide groups is 1. The van der Waals surface area contributed by atoms with Gasteiger partial charge >= 0.3 is 0 Å².